The first kappa shape index (κ1) is 15.3. The van der Waals surface area contributed by atoms with Gasteiger partial charge in [0.05, 0.1) is 11.7 Å². The molecule has 0 bridgehead atoms. The van der Waals surface area contributed by atoms with E-state index < -0.39 is 17.8 Å². The Hall–Kier alpha value is -2.61. The van der Waals surface area contributed by atoms with Crippen molar-refractivity contribution in [3.63, 3.8) is 0 Å². The number of benzene rings is 1. The third-order valence-corrected chi connectivity index (χ3v) is 3.96. The highest BCUT2D eigenvalue weighted by Gasteiger charge is 2.34. The van der Waals surface area contributed by atoms with Crippen LogP contribution in [0.25, 0.3) is 0 Å². The van der Waals surface area contributed by atoms with E-state index in [0.29, 0.717) is 11.3 Å². The predicted octanol–water partition coefficient (Wildman–Crippen LogP) is 0.837. The number of hydrogen-bond donors (Lipinski definition) is 3. The lowest BCUT2D eigenvalue weighted by Crippen LogP contribution is -2.40. The highest BCUT2D eigenvalue weighted by molar-refractivity contribution is 6.31. The van der Waals surface area contributed by atoms with Gasteiger partial charge in [0.1, 0.15) is 18.2 Å². The van der Waals surface area contributed by atoms with Gasteiger partial charge in [0.25, 0.3) is 5.91 Å². The van der Waals surface area contributed by atoms with Crippen molar-refractivity contribution in [2.45, 2.75) is 12.6 Å². The fraction of sp³-hybridized carbons (Fsp3) is 0.214. The summed E-state index contributed by atoms with van der Waals surface area (Å²) < 4.78 is 15.0. The number of halogens is 2. The Morgan fingerprint density at radius 3 is 3.00 bits per heavy atom. The lowest BCUT2D eigenvalue weighted by atomic mass is 10.0. The Balaban J connectivity index is 2.20. The zero-order valence-electron chi connectivity index (χ0n) is 12.1. The zero-order valence-corrected chi connectivity index (χ0v) is 12.8. The number of hydrogen-bond acceptors (Lipinski definition) is 4. The van der Waals surface area contributed by atoms with Crippen molar-refractivity contribution in [3.05, 3.63) is 46.1 Å². The first-order chi connectivity index (χ1) is 10.9. The van der Waals surface area contributed by atoms with Gasteiger partial charge in [-0.1, -0.05) is 11.6 Å². The summed E-state index contributed by atoms with van der Waals surface area (Å²) >= 11 is 6.13. The van der Waals surface area contributed by atoms with Crippen LogP contribution in [-0.4, -0.2) is 28.4 Å². The Morgan fingerprint density at radius 2 is 2.30 bits per heavy atom. The van der Waals surface area contributed by atoms with Crippen LogP contribution in [-0.2, 0) is 11.3 Å². The SMILES string of the molecule is CNC(=O)c1nc(N)c2n1CC(=O)NC2c1cc(F)ccc1Cl. The van der Waals surface area contributed by atoms with E-state index in [4.69, 9.17) is 17.3 Å². The van der Waals surface area contributed by atoms with Crippen LogP contribution in [0.4, 0.5) is 10.2 Å². The fourth-order valence-corrected chi connectivity index (χ4v) is 2.84. The van der Waals surface area contributed by atoms with Gasteiger partial charge in [-0.2, -0.15) is 0 Å². The molecule has 120 valence electrons. The van der Waals surface area contributed by atoms with Crippen LogP contribution in [0.2, 0.25) is 5.02 Å². The van der Waals surface area contributed by atoms with E-state index in [9.17, 15) is 14.0 Å². The maximum atomic E-state index is 13.6. The average Bonchev–Trinajstić information content (AvgIpc) is 2.85. The van der Waals surface area contributed by atoms with E-state index >= 15 is 0 Å². The number of rotatable bonds is 2. The summed E-state index contributed by atoms with van der Waals surface area (Å²) in [6.07, 6.45) is 0. The second-order valence-corrected chi connectivity index (χ2v) is 5.44. The molecule has 1 atom stereocenters. The number of carbonyl (C=O) groups is 2. The molecule has 0 aliphatic carbocycles. The standard InChI is InChI=1S/C14H13ClFN5O2/c1-18-14(23)13-20-12(17)11-10(19-9(22)5-21(11)13)7-4-6(16)2-3-8(7)15/h2-4,10H,5,17H2,1H3,(H,18,23)(H,19,22). The molecule has 1 unspecified atom stereocenters. The molecule has 0 fully saturated rings. The summed E-state index contributed by atoms with van der Waals surface area (Å²) in [5, 5.41) is 5.42. The van der Waals surface area contributed by atoms with Gasteiger partial charge in [0, 0.05) is 17.6 Å². The summed E-state index contributed by atoms with van der Waals surface area (Å²) in [7, 11) is 1.45. The van der Waals surface area contributed by atoms with Crippen LogP contribution in [0.15, 0.2) is 18.2 Å². The highest BCUT2D eigenvalue weighted by Crippen LogP contribution is 2.34. The van der Waals surface area contributed by atoms with Crippen molar-refractivity contribution in [3.8, 4) is 0 Å². The van der Waals surface area contributed by atoms with E-state index in [0.717, 1.165) is 0 Å². The van der Waals surface area contributed by atoms with Crippen LogP contribution in [0.5, 0.6) is 0 Å². The molecule has 0 radical (unpaired) electrons. The number of imidazole rings is 1. The molecule has 0 spiro atoms. The number of nitrogen functional groups attached to an aromatic ring is 1. The summed E-state index contributed by atoms with van der Waals surface area (Å²) in [5.41, 5.74) is 6.66. The van der Waals surface area contributed by atoms with E-state index in [1.807, 2.05) is 0 Å². The van der Waals surface area contributed by atoms with Gasteiger partial charge in [-0.3, -0.25) is 9.59 Å². The Bertz CT molecular complexity index is 820. The molecule has 2 amide bonds. The maximum Gasteiger partial charge on any atom is 0.287 e. The highest BCUT2D eigenvalue weighted by atomic mass is 35.5. The molecule has 0 saturated carbocycles. The normalized spacial score (nSPS) is 16.7. The number of nitrogens with one attached hydrogen (secondary N) is 2. The molecule has 1 aliphatic heterocycles. The third kappa shape index (κ3) is 2.50. The minimum atomic E-state index is -0.787. The molecule has 7 nitrogen and oxygen atoms in total. The maximum absolute atomic E-state index is 13.6. The number of amides is 2. The van der Waals surface area contributed by atoms with E-state index in [1.165, 1.54) is 29.8 Å². The first-order valence-electron chi connectivity index (χ1n) is 6.74. The van der Waals surface area contributed by atoms with E-state index in [1.54, 1.807) is 0 Å². The Morgan fingerprint density at radius 1 is 1.57 bits per heavy atom. The molecule has 1 aromatic carbocycles. The molecular formula is C14H13ClFN5O2. The first-order valence-corrected chi connectivity index (χ1v) is 7.12. The summed E-state index contributed by atoms with van der Waals surface area (Å²) in [6, 6.07) is 3.04. The topological polar surface area (TPSA) is 102 Å². The molecule has 9 heteroatoms. The molecule has 23 heavy (non-hydrogen) atoms. The fourth-order valence-electron chi connectivity index (χ4n) is 2.61. The van der Waals surface area contributed by atoms with Crippen molar-refractivity contribution in [1.82, 2.24) is 20.2 Å². The van der Waals surface area contributed by atoms with Crippen LogP contribution < -0.4 is 16.4 Å². The second-order valence-electron chi connectivity index (χ2n) is 5.04. The molecular weight excluding hydrogens is 325 g/mol. The number of aromatic nitrogens is 2. The molecule has 2 heterocycles. The second kappa shape index (κ2) is 5.54. The molecule has 1 aromatic heterocycles. The lowest BCUT2D eigenvalue weighted by molar-refractivity contribution is -0.123. The minimum Gasteiger partial charge on any atom is -0.382 e. The Kier molecular flexibility index (Phi) is 3.69. The average molecular weight is 338 g/mol. The van der Waals surface area contributed by atoms with E-state index in [2.05, 4.69) is 15.6 Å². The third-order valence-electron chi connectivity index (χ3n) is 3.61. The van der Waals surface area contributed by atoms with Crippen molar-refractivity contribution in [2.75, 3.05) is 12.8 Å². The zero-order chi connectivity index (χ0) is 16.7. The quantitative estimate of drug-likeness (QED) is 0.755. The van der Waals surface area contributed by atoms with Gasteiger partial charge < -0.3 is 20.9 Å². The van der Waals surface area contributed by atoms with Gasteiger partial charge in [-0.15, -0.1) is 0 Å². The summed E-state index contributed by atoms with van der Waals surface area (Å²) in [4.78, 5) is 27.9. The number of carbonyl (C=O) groups excluding carboxylic acids is 2. The van der Waals surface area contributed by atoms with Crippen molar-refractivity contribution >= 4 is 29.2 Å². The van der Waals surface area contributed by atoms with Gasteiger partial charge in [0.15, 0.2) is 0 Å². The number of nitrogens with zero attached hydrogens (tertiary/aromatic N) is 2. The van der Waals surface area contributed by atoms with Crippen molar-refractivity contribution < 1.29 is 14.0 Å². The van der Waals surface area contributed by atoms with Crippen LogP contribution >= 0.6 is 11.6 Å². The number of nitrogens with two attached hydrogens (primary N) is 1. The minimum absolute atomic E-state index is 0.0207. The largest absolute Gasteiger partial charge is 0.382 e. The van der Waals surface area contributed by atoms with Crippen LogP contribution in [0.1, 0.15) is 27.9 Å². The Labute approximate surface area is 135 Å². The molecule has 3 rings (SSSR count). The summed E-state index contributed by atoms with van der Waals surface area (Å²) in [5.74, 6) is -1.23. The van der Waals surface area contributed by atoms with Gasteiger partial charge in [0.2, 0.25) is 11.7 Å². The predicted molar refractivity (Wildman–Crippen MR) is 81.4 cm³/mol. The van der Waals surface area contributed by atoms with Crippen molar-refractivity contribution in [2.24, 2.45) is 0 Å². The molecule has 1 aliphatic rings. The molecule has 4 N–H and O–H groups in total. The van der Waals surface area contributed by atoms with Gasteiger partial charge in [-0.25, -0.2) is 9.37 Å². The number of fused-ring (bicyclic) bond motifs is 1. The monoisotopic (exact) mass is 337 g/mol. The lowest BCUT2D eigenvalue weighted by Gasteiger charge is -2.27. The molecule has 2 aromatic rings. The summed E-state index contributed by atoms with van der Waals surface area (Å²) in [6.45, 7) is -0.105. The van der Waals surface area contributed by atoms with Crippen LogP contribution in [0, 0.1) is 5.82 Å². The smallest absolute Gasteiger partial charge is 0.287 e. The van der Waals surface area contributed by atoms with E-state index in [-0.39, 0.29) is 29.1 Å². The van der Waals surface area contributed by atoms with Gasteiger partial charge in [-0.05, 0) is 18.2 Å². The van der Waals surface area contributed by atoms with Crippen LogP contribution in [0.3, 0.4) is 0 Å². The molecule has 0 saturated heterocycles. The number of anilines is 1. The van der Waals surface area contributed by atoms with Gasteiger partial charge >= 0.3 is 0 Å². The van der Waals surface area contributed by atoms with Crippen molar-refractivity contribution in [1.29, 1.82) is 0 Å².